The van der Waals surface area contributed by atoms with Gasteiger partial charge in [-0.1, -0.05) is 34.8 Å². The molecular weight excluding hydrogens is 308 g/mol. The third-order valence-electron chi connectivity index (χ3n) is 2.10. The van der Waals surface area contributed by atoms with Crippen LogP contribution in [0.25, 0.3) is 0 Å². The van der Waals surface area contributed by atoms with Crippen molar-refractivity contribution in [3.8, 4) is 0 Å². The Labute approximate surface area is 116 Å². The number of carboxylic acid groups (broad SMARTS) is 1. The molecule has 100 valence electrons. The number of aromatic nitrogens is 1. The molecule has 0 saturated heterocycles. The number of alkyl halides is 3. The zero-order valence-corrected chi connectivity index (χ0v) is 10.9. The first-order valence-electron chi connectivity index (χ1n) is 4.53. The highest BCUT2D eigenvalue weighted by atomic mass is 35.6. The Morgan fingerprint density at radius 1 is 1.28 bits per heavy atom. The summed E-state index contributed by atoms with van der Waals surface area (Å²) >= 11 is 16.1. The quantitative estimate of drug-likeness (QED) is 0.490. The second-order valence-corrected chi connectivity index (χ2v) is 5.68. The van der Waals surface area contributed by atoms with Gasteiger partial charge in [-0.05, 0) is 6.07 Å². The lowest BCUT2D eigenvalue weighted by Crippen LogP contribution is -2.27. The van der Waals surface area contributed by atoms with Gasteiger partial charge in [-0.25, -0.2) is 4.79 Å². The number of rotatable bonds is 4. The Bertz CT molecular complexity index is 467. The molecule has 0 aliphatic rings. The van der Waals surface area contributed by atoms with E-state index in [0.717, 1.165) is 12.3 Å². The van der Waals surface area contributed by atoms with Gasteiger partial charge >= 0.3 is 5.97 Å². The molecule has 4 N–H and O–H groups in total. The molecule has 0 aliphatic carbocycles. The molecule has 0 amide bonds. The van der Waals surface area contributed by atoms with Crippen LogP contribution in [0, 0.1) is 0 Å². The predicted molar refractivity (Wildman–Crippen MR) is 64.0 cm³/mol. The summed E-state index contributed by atoms with van der Waals surface area (Å²) in [5.41, 5.74) is -0.135. The summed E-state index contributed by atoms with van der Waals surface area (Å²) < 4.78 is -2.17. The first-order chi connectivity index (χ1) is 8.14. The number of hydrogen-bond donors (Lipinski definition) is 4. The van der Waals surface area contributed by atoms with Crippen molar-refractivity contribution in [3.05, 3.63) is 23.5 Å². The Balaban J connectivity index is 2.94. The molecule has 9 heteroatoms. The van der Waals surface area contributed by atoms with Gasteiger partial charge in [-0.3, -0.25) is 4.79 Å². The van der Waals surface area contributed by atoms with Crippen LogP contribution in [0.15, 0.2) is 12.3 Å². The van der Waals surface area contributed by atoms with E-state index < -0.39 is 27.8 Å². The summed E-state index contributed by atoms with van der Waals surface area (Å²) in [6.45, 7) is 0. The maximum absolute atomic E-state index is 11.5. The standard InChI is InChI=1S/C9H8Cl3NO5/c10-9(11,12)7(16)4-1-3(2-13-4)5(14)6(15)8(17)18/h1-2,5-6,13-15H,(H,17,18). The van der Waals surface area contributed by atoms with Crippen LogP contribution < -0.4 is 0 Å². The zero-order chi connectivity index (χ0) is 14.1. The van der Waals surface area contributed by atoms with Crippen LogP contribution in [0.3, 0.4) is 0 Å². The van der Waals surface area contributed by atoms with E-state index in [1.165, 1.54) is 0 Å². The lowest BCUT2D eigenvalue weighted by atomic mass is 10.1. The normalized spacial score (nSPS) is 15.2. The van der Waals surface area contributed by atoms with E-state index in [1.54, 1.807) is 0 Å². The summed E-state index contributed by atoms with van der Waals surface area (Å²) in [6, 6.07) is 1.10. The summed E-state index contributed by atoms with van der Waals surface area (Å²) in [6.07, 6.45) is -2.58. The van der Waals surface area contributed by atoms with Crippen molar-refractivity contribution >= 4 is 46.6 Å². The highest BCUT2D eigenvalue weighted by Gasteiger charge is 2.34. The second kappa shape index (κ2) is 5.46. The number of halogens is 3. The van der Waals surface area contributed by atoms with E-state index in [0.29, 0.717) is 0 Å². The van der Waals surface area contributed by atoms with Crippen LogP contribution in [0.4, 0.5) is 0 Å². The molecule has 0 saturated carbocycles. The van der Waals surface area contributed by atoms with Gasteiger partial charge in [0.25, 0.3) is 3.79 Å². The molecule has 2 atom stereocenters. The molecular formula is C9H8Cl3NO5. The van der Waals surface area contributed by atoms with Gasteiger partial charge < -0.3 is 20.3 Å². The number of carbonyl (C=O) groups is 2. The molecule has 0 radical (unpaired) electrons. The second-order valence-electron chi connectivity index (χ2n) is 3.40. The molecule has 1 rings (SSSR count). The fourth-order valence-electron chi connectivity index (χ4n) is 1.18. The average Bonchev–Trinajstić information content (AvgIpc) is 2.73. The number of aliphatic hydroxyl groups is 2. The van der Waals surface area contributed by atoms with Gasteiger partial charge in [0, 0.05) is 11.8 Å². The van der Waals surface area contributed by atoms with E-state index in [-0.39, 0.29) is 11.3 Å². The molecule has 0 fully saturated rings. The lowest BCUT2D eigenvalue weighted by molar-refractivity contribution is -0.153. The number of Topliss-reactive ketones (excluding diaryl/α,β-unsaturated/α-hetero) is 1. The number of hydrogen-bond acceptors (Lipinski definition) is 4. The summed E-state index contributed by atoms with van der Waals surface area (Å²) in [7, 11) is 0. The van der Waals surface area contributed by atoms with Crippen molar-refractivity contribution in [1.82, 2.24) is 4.98 Å². The van der Waals surface area contributed by atoms with Gasteiger partial charge in [0.15, 0.2) is 6.10 Å². The van der Waals surface area contributed by atoms with Crippen molar-refractivity contribution in [2.45, 2.75) is 16.0 Å². The summed E-state index contributed by atoms with van der Waals surface area (Å²) in [5, 5.41) is 27.1. The van der Waals surface area contributed by atoms with Gasteiger partial charge in [0.1, 0.15) is 6.10 Å². The molecule has 1 aromatic heterocycles. The largest absolute Gasteiger partial charge is 0.479 e. The topological polar surface area (TPSA) is 111 Å². The lowest BCUT2D eigenvalue weighted by Gasteiger charge is -2.11. The third kappa shape index (κ3) is 3.37. The molecule has 6 nitrogen and oxygen atoms in total. The monoisotopic (exact) mass is 315 g/mol. The number of aliphatic carboxylic acids is 1. The maximum Gasteiger partial charge on any atom is 0.335 e. The molecule has 0 bridgehead atoms. The van der Waals surface area contributed by atoms with Crippen LogP contribution in [0.2, 0.25) is 0 Å². The van der Waals surface area contributed by atoms with Crippen LogP contribution in [-0.2, 0) is 4.79 Å². The van der Waals surface area contributed by atoms with Crippen molar-refractivity contribution in [2.24, 2.45) is 0 Å². The van der Waals surface area contributed by atoms with Crippen LogP contribution in [-0.4, -0.2) is 42.0 Å². The first kappa shape index (κ1) is 15.3. The number of aliphatic hydroxyl groups excluding tert-OH is 2. The van der Waals surface area contributed by atoms with Crippen molar-refractivity contribution < 1.29 is 24.9 Å². The SMILES string of the molecule is O=C(O)C(O)C(O)c1c[nH]c(C(=O)C(Cl)(Cl)Cl)c1. The van der Waals surface area contributed by atoms with E-state index >= 15 is 0 Å². The van der Waals surface area contributed by atoms with Crippen LogP contribution >= 0.6 is 34.8 Å². The molecule has 0 aromatic carbocycles. The number of carbonyl (C=O) groups excluding carboxylic acids is 1. The first-order valence-corrected chi connectivity index (χ1v) is 5.66. The minimum atomic E-state index is -2.17. The average molecular weight is 317 g/mol. The number of ketones is 1. The van der Waals surface area contributed by atoms with Gasteiger partial charge in [-0.15, -0.1) is 0 Å². The molecule has 1 aromatic rings. The number of H-pyrrole nitrogens is 1. The molecule has 18 heavy (non-hydrogen) atoms. The van der Waals surface area contributed by atoms with Crippen molar-refractivity contribution in [3.63, 3.8) is 0 Å². The Hall–Kier alpha value is -0.790. The van der Waals surface area contributed by atoms with Crippen LogP contribution in [0.1, 0.15) is 22.2 Å². The van der Waals surface area contributed by atoms with Crippen LogP contribution in [0.5, 0.6) is 0 Å². The van der Waals surface area contributed by atoms with Gasteiger partial charge in [0.2, 0.25) is 5.78 Å². The van der Waals surface area contributed by atoms with E-state index in [4.69, 9.17) is 45.0 Å². The summed E-state index contributed by atoms with van der Waals surface area (Å²) in [4.78, 5) is 24.4. The van der Waals surface area contributed by atoms with E-state index in [2.05, 4.69) is 4.98 Å². The molecule has 2 unspecified atom stereocenters. The number of aromatic amines is 1. The Morgan fingerprint density at radius 3 is 2.28 bits per heavy atom. The fraction of sp³-hybridized carbons (Fsp3) is 0.333. The predicted octanol–water partition coefficient (Wildman–Crippen LogP) is 1.05. The maximum atomic E-state index is 11.5. The number of nitrogens with one attached hydrogen (secondary N) is 1. The van der Waals surface area contributed by atoms with E-state index in [9.17, 15) is 14.7 Å². The van der Waals surface area contributed by atoms with Gasteiger partial charge in [-0.2, -0.15) is 0 Å². The van der Waals surface area contributed by atoms with Gasteiger partial charge in [0.05, 0.1) is 5.69 Å². The zero-order valence-electron chi connectivity index (χ0n) is 8.60. The highest BCUT2D eigenvalue weighted by Crippen LogP contribution is 2.31. The molecule has 1 heterocycles. The highest BCUT2D eigenvalue weighted by molar-refractivity contribution is 6.77. The number of carboxylic acids is 1. The molecule has 0 aliphatic heterocycles. The van der Waals surface area contributed by atoms with Crippen molar-refractivity contribution in [2.75, 3.05) is 0 Å². The van der Waals surface area contributed by atoms with E-state index in [1.807, 2.05) is 0 Å². The summed E-state index contributed by atoms with van der Waals surface area (Å²) in [5.74, 6) is -2.46. The van der Waals surface area contributed by atoms with Crippen molar-refractivity contribution in [1.29, 1.82) is 0 Å². The Kier molecular flexibility index (Phi) is 4.63. The molecule has 0 spiro atoms. The minimum absolute atomic E-state index is 0.0116. The Morgan fingerprint density at radius 2 is 1.83 bits per heavy atom. The fourth-order valence-corrected chi connectivity index (χ4v) is 1.49. The smallest absolute Gasteiger partial charge is 0.335 e. The third-order valence-corrected chi connectivity index (χ3v) is 2.62. The minimum Gasteiger partial charge on any atom is -0.479 e.